The van der Waals surface area contributed by atoms with E-state index in [4.69, 9.17) is 28.4 Å². The van der Waals surface area contributed by atoms with Crippen LogP contribution in [-0.4, -0.2) is 83.1 Å². The fraction of sp³-hybridized carbons (Fsp3) is 0.735. The quantitative estimate of drug-likeness (QED) is 0.287. The highest BCUT2D eigenvalue weighted by Crippen LogP contribution is 2.57. The van der Waals surface area contributed by atoms with Gasteiger partial charge in [0.2, 0.25) is 19.0 Å². The molecule has 3 saturated heterocycles. The third kappa shape index (κ3) is 6.00. The Balaban J connectivity index is 0.973. The Kier molecular flexibility index (Phi) is 9.19. The molecule has 7 rings (SSSR count). The topological polar surface area (TPSA) is 110 Å². The third-order valence-electron chi connectivity index (χ3n) is 10.1. The van der Waals surface area contributed by atoms with E-state index < -0.39 is 12.1 Å². The molecule has 3 spiro atoms. The van der Waals surface area contributed by atoms with Gasteiger partial charge < -0.3 is 33.3 Å². The van der Waals surface area contributed by atoms with E-state index in [0.717, 1.165) is 11.5 Å². The Bertz CT molecular complexity index is 1290. The maximum absolute atomic E-state index is 13.5. The molecular formula is C34H45NO9S2. The monoisotopic (exact) mass is 675 g/mol. The first-order valence-corrected chi connectivity index (χ1v) is 19.0. The molecule has 10 nitrogen and oxygen atoms in total. The molecule has 6 aliphatic rings. The Labute approximate surface area is 279 Å². The number of fused-ring (bicyclic) bond motifs is 2. The number of likely N-dealkylation sites (tertiary alicyclic amines) is 1. The zero-order valence-corrected chi connectivity index (χ0v) is 28.6. The number of amides is 1. The van der Waals surface area contributed by atoms with Gasteiger partial charge in [-0.3, -0.25) is 14.4 Å². The molecule has 0 atom stereocenters. The predicted molar refractivity (Wildman–Crippen MR) is 174 cm³/mol. The summed E-state index contributed by atoms with van der Waals surface area (Å²) in [4.78, 5) is 41.7. The van der Waals surface area contributed by atoms with E-state index in [1.165, 1.54) is 32.1 Å². The SMILES string of the molecule is CCCC(=O)c1c2c(c(C(=O)CCC)c3c1OC(CC(=O)N1CCC4(CC1)OCC1(CO4)CSC4(CCCCC4)SC1)O3)OCO2. The second-order valence-electron chi connectivity index (χ2n) is 13.6. The van der Waals surface area contributed by atoms with E-state index in [1.54, 1.807) is 4.90 Å². The highest BCUT2D eigenvalue weighted by atomic mass is 32.2. The molecule has 1 saturated carbocycles. The van der Waals surface area contributed by atoms with Gasteiger partial charge in [-0.1, -0.05) is 33.1 Å². The number of benzene rings is 1. The van der Waals surface area contributed by atoms with E-state index in [2.05, 4.69) is 23.5 Å². The average Bonchev–Trinajstić information content (AvgIpc) is 3.71. The molecule has 4 fully saturated rings. The number of nitrogens with zero attached hydrogens (tertiary/aromatic N) is 1. The zero-order chi connectivity index (χ0) is 31.9. The maximum Gasteiger partial charge on any atom is 0.250 e. The number of carbonyl (C=O) groups is 3. The summed E-state index contributed by atoms with van der Waals surface area (Å²) in [5.74, 6) is 1.83. The normalized spacial score (nSPS) is 24.1. The summed E-state index contributed by atoms with van der Waals surface area (Å²) in [6.45, 7) is 6.16. The van der Waals surface area contributed by atoms with Crippen molar-refractivity contribution >= 4 is 41.0 Å². The van der Waals surface area contributed by atoms with Gasteiger partial charge in [0.15, 0.2) is 40.4 Å². The number of ketones is 2. The van der Waals surface area contributed by atoms with Gasteiger partial charge in [-0.15, -0.1) is 23.5 Å². The molecule has 252 valence electrons. The Morgan fingerprint density at radius 3 is 1.83 bits per heavy atom. The summed E-state index contributed by atoms with van der Waals surface area (Å²) < 4.78 is 37.1. The first kappa shape index (κ1) is 32.4. The second-order valence-corrected chi connectivity index (χ2v) is 16.6. The molecule has 5 heterocycles. The predicted octanol–water partition coefficient (Wildman–Crippen LogP) is 6.36. The first-order chi connectivity index (χ1) is 22.3. The second kappa shape index (κ2) is 13.0. The van der Waals surface area contributed by atoms with E-state index in [0.29, 0.717) is 56.1 Å². The van der Waals surface area contributed by atoms with Crippen molar-refractivity contribution in [2.45, 2.75) is 107 Å². The van der Waals surface area contributed by atoms with E-state index in [9.17, 15) is 14.4 Å². The van der Waals surface area contributed by atoms with Crippen LogP contribution in [0.5, 0.6) is 23.0 Å². The number of rotatable bonds is 8. The van der Waals surface area contributed by atoms with Crippen LogP contribution in [0.1, 0.15) is 112 Å². The maximum atomic E-state index is 13.5. The lowest BCUT2D eigenvalue weighted by molar-refractivity contribution is -0.310. The van der Waals surface area contributed by atoms with Gasteiger partial charge in [-0.2, -0.15) is 0 Å². The highest BCUT2D eigenvalue weighted by Gasteiger charge is 2.51. The van der Waals surface area contributed by atoms with Gasteiger partial charge in [0.1, 0.15) is 17.5 Å². The van der Waals surface area contributed by atoms with Gasteiger partial charge in [-0.25, -0.2) is 0 Å². The molecule has 0 bridgehead atoms. The lowest BCUT2D eigenvalue weighted by atomic mass is 9.91. The molecule has 12 heteroatoms. The van der Waals surface area contributed by atoms with Crippen LogP contribution >= 0.6 is 23.5 Å². The molecule has 1 amide bonds. The van der Waals surface area contributed by atoms with Crippen LogP contribution in [0.3, 0.4) is 0 Å². The summed E-state index contributed by atoms with van der Waals surface area (Å²) in [7, 11) is 0. The van der Waals surface area contributed by atoms with Crippen LogP contribution in [0.2, 0.25) is 0 Å². The molecule has 0 N–H and O–H groups in total. The number of ether oxygens (including phenoxy) is 6. The minimum atomic E-state index is -0.974. The largest absolute Gasteiger partial charge is 0.453 e. The molecule has 0 aromatic heterocycles. The molecule has 1 aliphatic carbocycles. The number of hydrogen-bond donors (Lipinski definition) is 0. The molecule has 5 aliphatic heterocycles. The molecular weight excluding hydrogens is 631 g/mol. The number of piperidine rings is 1. The zero-order valence-electron chi connectivity index (χ0n) is 27.0. The molecule has 1 aromatic rings. The minimum Gasteiger partial charge on any atom is -0.453 e. The standard InChI is InChI=1S/C34H45NO9S2/c1-3-8-22(36)26-28-29(40-21-39-28)27(23(37)9-4-2)31-30(26)43-25(44-31)16-24(38)35-14-12-33(13-15-35)41-17-32(18-42-33)19-45-34(46-20-32)10-6-5-7-11-34/h25H,3-21H2,1-2H3. The summed E-state index contributed by atoms with van der Waals surface area (Å²) >= 11 is 4.26. The lowest BCUT2D eigenvalue weighted by Gasteiger charge is -2.53. The van der Waals surface area contributed by atoms with Crippen molar-refractivity contribution < 1.29 is 42.8 Å². The van der Waals surface area contributed by atoms with Gasteiger partial charge in [0, 0.05) is 55.7 Å². The van der Waals surface area contributed by atoms with Crippen LogP contribution in [0.15, 0.2) is 0 Å². The van der Waals surface area contributed by atoms with Gasteiger partial charge in [0.05, 0.1) is 17.3 Å². The molecule has 1 aromatic carbocycles. The van der Waals surface area contributed by atoms with Gasteiger partial charge >= 0.3 is 0 Å². The van der Waals surface area contributed by atoms with Crippen LogP contribution < -0.4 is 18.9 Å². The van der Waals surface area contributed by atoms with Gasteiger partial charge in [-0.05, 0) is 25.7 Å². The van der Waals surface area contributed by atoms with Crippen LogP contribution in [0, 0.1) is 5.41 Å². The summed E-state index contributed by atoms with van der Waals surface area (Å²) in [6.07, 6.45) is 8.68. The fourth-order valence-corrected chi connectivity index (χ4v) is 11.0. The van der Waals surface area contributed by atoms with Crippen molar-refractivity contribution in [2.75, 3.05) is 44.6 Å². The minimum absolute atomic E-state index is 0.0576. The smallest absolute Gasteiger partial charge is 0.250 e. The van der Waals surface area contributed by atoms with E-state index in [1.807, 2.05) is 13.8 Å². The first-order valence-electron chi connectivity index (χ1n) is 17.0. The van der Waals surface area contributed by atoms with E-state index >= 15 is 0 Å². The Morgan fingerprint density at radius 1 is 0.761 bits per heavy atom. The van der Waals surface area contributed by atoms with Crippen molar-refractivity contribution in [2.24, 2.45) is 5.41 Å². The Morgan fingerprint density at radius 2 is 1.30 bits per heavy atom. The number of hydrogen-bond acceptors (Lipinski definition) is 11. The van der Waals surface area contributed by atoms with Crippen molar-refractivity contribution in [3.63, 3.8) is 0 Å². The van der Waals surface area contributed by atoms with Crippen LogP contribution in [0.4, 0.5) is 0 Å². The molecule has 46 heavy (non-hydrogen) atoms. The van der Waals surface area contributed by atoms with Crippen LogP contribution in [-0.2, 0) is 14.3 Å². The highest BCUT2D eigenvalue weighted by molar-refractivity contribution is 8.18. The summed E-state index contributed by atoms with van der Waals surface area (Å²) in [5, 5.41) is 0. The number of carbonyl (C=O) groups excluding carboxylic acids is 3. The van der Waals surface area contributed by atoms with Crippen molar-refractivity contribution in [3.05, 3.63) is 11.1 Å². The number of thioether (sulfide) groups is 2. The summed E-state index contributed by atoms with van der Waals surface area (Å²) in [5.41, 5.74) is 0.508. The fourth-order valence-electron chi connectivity index (χ4n) is 7.40. The van der Waals surface area contributed by atoms with Gasteiger partial charge in [0.25, 0.3) is 0 Å². The number of Topliss-reactive ketones (excluding diaryl/α,β-unsaturated/α-hetero) is 2. The van der Waals surface area contributed by atoms with Crippen molar-refractivity contribution in [3.8, 4) is 23.0 Å². The van der Waals surface area contributed by atoms with Crippen LogP contribution in [0.25, 0.3) is 0 Å². The lowest BCUT2D eigenvalue weighted by Crippen LogP contribution is -2.58. The molecule has 0 radical (unpaired) electrons. The van der Waals surface area contributed by atoms with Crippen molar-refractivity contribution in [1.82, 2.24) is 4.90 Å². The third-order valence-corrected chi connectivity index (χ3v) is 14.2. The molecule has 0 unspecified atom stereocenters. The summed E-state index contributed by atoms with van der Waals surface area (Å²) in [6, 6.07) is 0. The van der Waals surface area contributed by atoms with E-state index in [-0.39, 0.29) is 83.1 Å². The van der Waals surface area contributed by atoms with Crippen molar-refractivity contribution in [1.29, 1.82) is 0 Å². The average molecular weight is 676 g/mol. The Hall–Kier alpha value is -2.15.